The standard InChI is InChI=1S/C16H18FN3O2/c1-11(2)14-7-16(22)20(10-19-14)9-15(21)18-8-12-5-3-4-6-13(12)17/h3-7,10-11H,8-9H2,1-2H3,(H,18,21). The second kappa shape index (κ2) is 6.98. The number of benzene rings is 1. The molecule has 0 saturated carbocycles. The average molecular weight is 303 g/mol. The van der Waals surface area contributed by atoms with Crippen LogP contribution >= 0.6 is 0 Å². The zero-order valence-electron chi connectivity index (χ0n) is 12.5. The molecule has 0 fully saturated rings. The number of hydrogen-bond acceptors (Lipinski definition) is 3. The Balaban J connectivity index is 1.98. The molecule has 0 unspecified atom stereocenters. The minimum Gasteiger partial charge on any atom is -0.350 e. The molecular weight excluding hydrogens is 285 g/mol. The smallest absolute Gasteiger partial charge is 0.254 e. The van der Waals surface area contributed by atoms with E-state index in [0.717, 1.165) is 0 Å². The fourth-order valence-electron chi connectivity index (χ4n) is 1.92. The summed E-state index contributed by atoms with van der Waals surface area (Å²) in [4.78, 5) is 27.9. The summed E-state index contributed by atoms with van der Waals surface area (Å²) in [6.45, 7) is 3.82. The zero-order valence-corrected chi connectivity index (χ0v) is 12.5. The summed E-state index contributed by atoms with van der Waals surface area (Å²) >= 11 is 0. The summed E-state index contributed by atoms with van der Waals surface area (Å²) in [5, 5.41) is 2.59. The fraction of sp³-hybridized carbons (Fsp3) is 0.312. The normalized spacial score (nSPS) is 10.7. The van der Waals surface area contributed by atoms with Crippen LogP contribution in [0.5, 0.6) is 0 Å². The molecule has 1 aromatic carbocycles. The molecule has 0 spiro atoms. The molecule has 2 rings (SSSR count). The maximum Gasteiger partial charge on any atom is 0.254 e. The molecule has 0 aliphatic rings. The molecule has 1 heterocycles. The minimum absolute atomic E-state index is 0.0811. The van der Waals surface area contributed by atoms with Crippen molar-refractivity contribution < 1.29 is 9.18 Å². The molecule has 0 saturated heterocycles. The van der Waals surface area contributed by atoms with Crippen LogP contribution in [-0.2, 0) is 17.9 Å². The summed E-state index contributed by atoms with van der Waals surface area (Å²) in [6, 6.07) is 7.64. The van der Waals surface area contributed by atoms with E-state index < -0.39 is 0 Å². The van der Waals surface area contributed by atoms with Crippen LogP contribution in [0.2, 0.25) is 0 Å². The van der Waals surface area contributed by atoms with E-state index in [4.69, 9.17) is 0 Å². The van der Waals surface area contributed by atoms with Gasteiger partial charge < -0.3 is 5.32 Å². The third-order valence-corrected chi connectivity index (χ3v) is 3.24. The molecule has 0 aliphatic carbocycles. The van der Waals surface area contributed by atoms with Crippen molar-refractivity contribution in [2.24, 2.45) is 0 Å². The molecular formula is C16H18FN3O2. The molecule has 5 nitrogen and oxygen atoms in total. The first-order valence-electron chi connectivity index (χ1n) is 7.04. The van der Waals surface area contributed by atoms with E-state index in [-0.39, 0.29) is 36.3 Å². The van der Waals surface area contributed by atoms with E-state index >= 15 is 0 Å². The highest BCUT2D eigenvalue weighted by atomic mass is 19.1. The van der Waals surface area contributed by atoms with Crippen molar-refractivity contribution in [3.05, 3.63) is 64.1 Å². The van der Waals surface area contributed by atoms with Crippen molar-refractivity contribution in [3.63, 3.8) is 0 Å². The number of carbonyl (C=O) groups is 1. The molecule has 2 aromatic rings. The van der Waals surface area contributed by atoms with Crippen LogP contribution in [0, 0.1) is 5.82 Å². The zero-order chi connectivity index (χ0) is 16.1. The molecule has 1 N–H and O–H groups in total. The Morgan fingerprint density at radius 1 is 1.36 bits per heavy atom. The van der Waals surface area contributed by atoms with Crippen LogP contribution in [0.3, 0.4) is 0 Å². The van der Waals surface area contributed by atoms with Gasteiger partial charge in [0.1, 0.15) is 12.4 Å². The minimum atomic E-state index is -0.372. The Kier molecular flexibility index (Phi) is 5.04. The number of rotatable bonds is 5. The Morgan fingerprint density at radius 2 is 2.09 bits per heavy atom. The summed E-state index contributed by atoms with van der Waals surface area (Å²) in [5.41, 5.74) is 0.809. The van der Waals surface area contributed by atoms with Gasteiger partial charge in [0.15, 0.2) is 0 Å². The molecule has 0 aliphatic heterocycles. The van der Waals surface area contributed by atoms with Gasteiger partial charge in [-0.3, -0.25) is 14.2 Å². The van der Waals surface area contributed by atoms with Crippen LogP contribution in [0.1, 0.15) is 31.0 Å². The van der Waals surface area contributed by atoms with Crippen molar-refractivity contribution in [2.45, 2.75) is 32.9 Å². The summed E-state index contributed by atoms with van der Waals surface area (Å²) < 4.78 is 14.7. The summed E-state index contributed by atoms with van der Waals surface area (Å²) in [5.74, 6) is -0.593. The van der Waals surface area contributed by atoms with Gasteiger partial charge in [0.25, 0.3) is 5.56 Å². The highest BCUT2D eigenvalue weighted by Gasteiger charge is 2.08. The second-order valence-electron chi connectivity index (χ2n) is 5.30. The predicted octanol–water partition coefficient (Wildman–Crippen LogP) is 1.82. The number of carbonyl (C=O) groups excluding carboxylic acids is 1. The lowest BCUT2D eigenvalue weighted by Gasteiger charge is -2.09. The molecule has 6 heteroatoms. The predicted molar refractivity (Wildman–Crippen MR) is 80.8 cm³/mol. The number of nitrogens with zero attached hydrogens (tertiary/aromatic N) is 2. The second-order valence-corrected chi connectivity index (χ2v) is 5.30. The van der Waals surface area contributed by atoms with Gasteiger partial charge in [0, 0.05) is 18.2 Å². The first kappa shape index (κ1) is 15.9. The van der Waals surface area contributed by atoms with Gasteiger partial charge in [-0.2, -0.15) is 0 Å². The Hall–Kier alpha value is -2.50. The third-order valence-electron chi connectivity index (χ3n) is 3.24. The first-order valence-corrected chi connectivity index (χ1v) is 7.04. The lowest BCUT2D eigenvalue weighted by atomic mass is 10.1. The van der Waals surface area contributed by atoms with Crippen molar-refractivity contribution in [1.29, 1.82) is 0 Å². The van der Waals surface area contributed by atoms with Crippen molar-refractivity contribution in [2.75, 3.05) is 0 Å². The number of nitrogens with one attached hydrogen (secondary N) is 1. The maximum absolute atomic E-state index is 13.4. The molecule has 1 amide bonds. The number of amides is 1. The third kappa shape index (κ3) is 4.00. The fourth-order valence-corrected chi connectivity index (χ4v) is 1.92. The van der Waals surface area contributed by atoms with E-state index in [0.29, 0.717) is 11.3 Å². The molecule has 0 bridgehead atoms. The number of hydrogen-bond donors (Lipinski definition) is 1. The van der Waals surface area contributed by atoms with E-state index in [1.165, 1.54) is 23.0 Å². The SMILES string of the molecule is CC(C)c1cc(=O)n(CC(=O)NCc2ccccc2F)cn1. The molecule has 0 atom stereocenters. The lowest BCUT2D eigenvalue weighted by Crippen LogP contribution is -2.32. The molecule has 0 radical (unpaired) electrons. The molecule has 116 valence electrons. The van der Waals surface area contributed by atoms with Gasteiger partial charge in [-0.25, -0.2) is 9.37 Å². The van der Waals surface area contributed by atoms with Crippen LogP contribution in [0.25, 0.3) is 0 Å². The quantitative estimate of drug-likeness (QED) is 0.916. The van der Waals surface area contributed by atoms with Gasteiger partial charge in [-0.1, -0.05) is 32.0 Å². The Bertz CT molecular complexity index is 725. The van der Waals surface area contributed by atoms with Crippen LogP contribution in [0.4, 0.5) is 4.39 Å². The number of aromatic nitrogens is 2. The van der Waals surface area contributed by atoms with E-state index in [1.54, 1.807) is 18.2 Å². The van der Waals surface area contributed by atoms with Gasteiger partial charge in [0.05, 0.1) is 12.0 Å². The largest absolute Gasteiger partial charge is 0.350 e. The van der Waals surface area contributed by atoms with Gasteiger partial charge >= 0.3 is 0 Å². The van der Waals surface area contributed by atoms with Crippen LogP contribution in [0.15, 0.2) is 41.5 Å². The van der Waals surface area contributed by atoms with Crippen molar-refractivity contribution in [1.82, 2.24) is 14.9 Å². The van der Waals surface area contributed by atoms with Crippen LogP contribution < -0.4 is 10.9 Å². The van der Waals surface area contributed by atoms with Gasteiger partial charge in [-0.05, 0) is 12.0 Å². The van der Waals surface area contributed by atoms with E-state index in [2.05, 4.69) is 10.3 Å². The highest BCUT2D eigenvalue weighted by molar-refractivity contribution is 5.75. The highest BCUT2D eigenvalue weighted by Crippen LogP contribution is 2.07. The van der Waals surface area contributed by atoms with E-state index in [1.807, 2.05) is 13.8 Å². The first-order chi connectivity index (χ1) is 10.5. The van der Waals surface area contributed by atoms with Crippen molar-refractivity contribution >= 4 is 5.91 Å². The average Bonchev–Trinajstić information content (AvgIpc) is 2.48. The van der Waals surface area contributed by atoms with Gasteiger partial charge in [-0.15, -0.1) is 0 Å². The molecule has 1 aromatic heterocycles. The summed E-state index contributed by atoms with van der Waals surface area (Å²) in [6.07, 6.45) is 1.36. The Morgan fingerprint density at radius 3 is 2.73 bits per heavy atom. The number of halogens is 1. The Labute approximate surface area is 127 Å². The lowest BCUT2D eigenvalue weighted by molar-refractivity contribution is -0.121. The monoisotopic (exact) mass is 303 g/mol. The maximum atomic E-state index is 13.4. The summed E-state index contributed by atoms with van der Waals surface area (Å²) in [7, 11) is 0. The van der Waals surface area contributed by atoms with Crippen LogP contribution in [-0.4, -0.2) is 15.5 Å². The molecule has 22 heavy (non-hydrogen) atoms. The van der Waals surface area contributed by atoms with Crippen molar-refractivity contribution in [3.8, 4) is 0 Å². The van der Waals surface area contributed by atoms with Gasteiger partial charge in [0.2, 0.25) is 5.91 Å². The topological polar surface area (TPSA) is 64.0 Å². The van der Waals surface area contributed by atoms with E-state index in [9.17, 15) is 14.0 Å².